The molecule has 0 saturated carbocycles. The number of nitrogens with zero attached hydrogens (tertiary/aromatic N) is 3. The number of anilines is 1. The fourth-order valence-electron chi connectivity index (χ4n) is 1.78. The molecule has 0 aliphatic carbocycles. The second-order valence-corrected chi connectivity index (χ2v) is 4.33. The summed E-state index contributed by atoms with van der Waals surface area (Å²) in [5.41, 5.74) is 7.62. The smallest absolute Gasteiger partial charge is 0.241 e. The van der Waals surface area contributed by atoms with E-state index in [9.17, 15) is 4.79 Å². The van der Waals surface area contributed by atoms with Crippen molar-refractivity contribution in [1.82, 2.24) is 20.1 Å². The van der Waals surface area contributed by atoms with Crippen molar-refractivity contribution in [2.45, 2.75) is 19.9 Å². The minimum absolute atomic E-state index is 0.0984. The molecule has 0 aliphatic heterocycles. The van der Waals surface area contributed by atoms with Crippen LogP contribution in [0, 0.1) is 6.92 Å². The van der Waals surface area contributed by atoms with E-state index in [4.69, 9.17) is 5.73 Å². The van der Waals surface area contributed by atoms with E-state index in [1.165, 1.54) is 4.68 Å². The summed E-state index contributed by atoms with van der Waals surface area (Å²) < 4.78 is 1.49. The van der Waals surface area contributed by atoms with Crippen LogP contribution in [0.2, 0.25) is 0 Å². The molecule has 0 unspecified atom stereocenters. The Morgan fingerprint density at radius 2 is 2.37 bits per heavy atom. The number of aryl methyl sites for hydroxylation is 1. The molecule has 0 aliphatic rings. The highest BCUT2D eigenvalue weighted by molar-refractivity contribution is 5.76. The van der Waals surface area contributed by atoms with Crippen LogP contribution in [0.5, 0.6) is 0 Å². The van der Waals surface area contributed by atoms with Crippen LogP contribution in [-0.2, 0) is 17.8 Å². The first-order valence-corrected chi connectivity index (χ1v) is 6.10. The molecule has 2 heterocycles. The van der Waals surface area contributed by atoms with Gasteiger partial charge in [-0.15, -0.1) is 0 Å². The SMILES string of the molecule is Cc1cc(N)n(CC(=O)NCCc2cccnc2)n1. The minimum atomic E-state index is -0.0984. The molecular weight excluding hydrogens is 242 g/mol. The quantitative estimate of drug-likeness (QED) is 0.820. The van der Waals surface area contributed by atoms with E-state index in [-0.39, 0.29) is 12.5 Å². The fourth-order valence-corrected chi connectivity index (χ4v) is 1.78. The number of hydrogen-bond donors (Lipinski definition) is 2. The van der Waals surface area contributed by atoms with E-state index in [1.54, 1.807) is 18.5 Å². The second kappa shape index (κ2) is 5.99. The molecule has 0 atom stereocenters. The van der Waals surface area contributed by atoms with Gasteiger partial charge in [-0.2, -0.15) is 5.10 Å². The van der Waals surface area contributed by atoms with Gasteiger partial charge in [0.25, 0.3) is 0 Å². The Bertz CT molecular complexity index is 549. The van der Waals surface area contributed by atoms with Crippen LogP contribution in [0.3, 0.4) is 0 Å². The Morgan fingerprint density at radius 3 is 3.00 bits per heavy atom. The van der Waals surface area contributed by atoms with Gasteiger partial charge in [0, 0.05) is 25.0 Å². The Morgan fingerprint density at radius 1 is 1.53 bits per heavy atom. The van der Waals surface area contributed by atoms with E-state index in [1.807, 2.05) is 19.1 Å². The maximum Gasteiger partial charge on any atom is 0.241 e. The molecule has 0 fully saturated rings. The van der Waals surface area contributed by atoms with Gasteiger partial charge in [0.2, 0.25) is 5.91 Å². The van der Waals surface area contributed by atoms with Crippen LogP contribution in [-0.4, -0.2) is 27.2 Å². The first-order chi connectivity index (χ1) is 9.15. The van der Waals surface area contributed by atoms with Crippen molar-refractivity contribution in [2.75, 3.05) is 12.3 Å². The van der Waals surface area contributed by atoms with Crippen molar-refractivity contribution in [3.05, 3.63) is 41.9 Å². The van der Waals surface area contributed by atoms with Gasteiger partial charge in [0.05, 0.1) is 5.69 Å². The predicted molar refractivity (Wildman–Crippen MR) is 72.3 cm³/mol. The monoisotopic (exact) mass is 259 g/mol. The lowest BCUT2D eigenvalue weighted by Gasteiger charge is -2.06. The maximum absolute atomic E-state index is 11.7. The zero-order chi connectivity index (χ0) is 13.7. The van der Waals surface area contributed by atoms with Gasteiger partial charge in [-0.1, -0.05) is 6.07 Å². The molecule has 6 nitrogen and oxygen atoms in total. The zero-order valence-electron chi connectivity index (χ0n) is 10.8. The summed E-state index contributed by atoms with van der Waals surface area (Å²) in [6.07, 6.45) is 4.28. The number of nitrogens with two attached hydrogens (primary N) is 1. The standard InChI is InChI=1S/C13H17N5O/c1-10-7-12(14)18(17-10)9-13(19)16-6-4-11-3-2-5-15-8-11/h2-3,5,7-8H,4,6,9,14H2,1H3,(H,16,19). The number of pyridine rings is 1. The molecule has 100 valence electrons. The average Bonchev–Trinajstić information content (AvgIpc) is 2.69. The number of amides is 1. The van der Waals surface area contributed by atoms with Gasteiger partial charge in [0.1, 0.15) is 12.4 Å². The highest BCUT2D eigenvalue weighted by Crippen LogP contribution is 2.04. The van der Waals surface area contributed by atoms with Gasteiger partial charge in [0.15, 0.2) is 0 Å². The normalized spacial score (nSPS) is 10.4. The molecule has 6 heteroatoms. The largest absolute Gasteiger partial charge is 0.384 e. The second-order valence-electron chi connectivity index (χ2n) is 4.33. The van der Waals surface area contributed by atoms with Crippen LogP contribution in [0.15, 0.2) is 30.6 Å². The minimum Gasteiger partial charge on any atom is -0.384 e. The Kier molecular flexibility index (Phi) is 4.12. The predicted octanol–water partition coefficient (Wildman–Crippen LogP) is 0.528. The van der Waals surface area contributed by atoms with Gasteiger partial charge >= 0.3 is 0 Å². The number of carbonyl (C=O) groups excluding carboxylic acids is 1. The summed E-state index contributed by atoms with van der Waals surface area (Å²) in [6, 6.07) is 5.60. The molecule has 19 heavy (non-hydrogen) atoms. The van der Waals surface area contributed by atoms with Crippen molar-refractivity contribution in [1.29, 1.82) is 0 Å². The summed E-state index contributed by atoms with van der Waals surface area (Å²) in [7, 11) is 0. The van der Waals surface area contributed by atoms with Crippen molar-refractivity contribution >= 4 is 11.7 Å². The molecule has 0 spiro atoms. The van der Waals surface area contributed by atoms with E-state index in [2.05, 4.69) is 15.4 Å². The number of carbonyl (C=O) groups is 1. The Hall–Kier alpha value is -2.37. The summed E-state index contributed by atoms with van der Waals surface area (Å²) >= 11 is 0. The van der Waals surface area contributed by atoms with E-state index >= 15 is 0 Å². The third kappa shape index (κ3) is 3.80. The van der Waals surface area contributed by atoms with Crippen molar-refractivity contribution < 1.29 is 4.79 Å². The topological polar surface area (TPSA) is 85.8 Å². The van der Waals surface area contributed by atoms with Crippen LogP contribution in [0.4, 0.5) is 5.82 Å². The first-order valence-electron chi connectivity index (χ1n) is 6.10. The fraction of sp³-hybridized carbons (Fsp3) is 0.308. The first kappa shape index (κ1) is 13.1. The lowest BCUT2D eigenvalue weighted by molar-refractivity contribution is -0.121. The van der Waals surface area contributed by atoms with Crippen molar-refractivity contribution in [3.8, 4) is 0 Å². The van der Waals surface area contributed by atoms with E-state index in [0.29, 0.717) is 12.4 Å². The zero-order valence-corrected chi connectivity index (χ0v) is 10.8. The van der Waals surface area contributed by atoms with Gasteiger partial charge in [-0.25, -0.2) is 4.68 Å². The summed E-state index contributed by atoms with van der Waals surface area (Å²) in [6.45, 7) is 2.56. The number of rotatable bonds is 5. The van der Waals surface area contributed by atoms with Crippen molar-refractivity contribution in [3.63, 3.8) is 0 Å². The number of nitrogens with one attached hydrogen (secondary N) is 1. The third-order valence-corrected chi connectivity index (χ3v) is 2.69. The number of aromatic nitrogens is 3. The van der Waals surface area contributed by atoms with Crippen LogP contribution < -0.4 is 11.1 Å². The molecular formula is C13H17N5O. The average molecular weight is 259 g/mol. The molecule has 2 aromatic rings. The Balaban J connectivity index is 1.78. The van der Waals surface area contributed by atoms with E-state index < -0.39 is 0 Å². The van der Waals surface area contributed by atoms with Gasteiger partial charge < -0.3 is 11.1 Å². The lowest BCUT2D eigenvalue weighted by atomic mass is 10.2. The van der Waals surface area contributed by atoms with E-state index in [0.717, 1.165) is 17.7 Å². The molecule has 0 aromatic carbocycles. The molecule has 2 aromatic heterocycles. The van der Waals surface area contributed by atoms with Crippen LogP contribution >= 0.6 is 0 Å². The lowest BCUT2D eigenvalue weighted by Crippen LogP contribution is -2.30. The van der Waals surface area contributed by atoms with Gasteiger partial charge in [-0.3, -0.25) is 9.78 Å². The number of hydrogen-bond acceptors (Lipinski definition) is 4. The highest BCUT2D eigenvalue weighted by atomic mass is 16.2. The summed E-state index contributed by atoms with van der Waals surface area (Å²) in [5.74, 6) is 0.401. The molecule has 0 bridgehead atoms. The molecule has 2 rings (SSSR count). The maximum atomic E-state index is 11.7. The van der Waals surface area contributed by atoms with Crippen LogP contribution in [0.1, 0.15) is 11.3 Å². The van der Waals surface area contributed by atoms with Gasteiger partial charge in [-0.05, 0) is 25.0 Å². The number of nitrogen functional groups attached to an aromatic ring is 1. The van der Waals surface area contributed by atoms with Crippen molar-refractivity contribution in [2.24, 2.45) is 0 Å². The Labute approximate surface area is 111 Å². The summed E-state index contributed by atoms with van der Waals surface area (Å²) in [4.78, 5) is 15.7. The van der Waals surface area contributed by atoms with Crippen LogP contribution in [0.25, 0.3) is 0 Å². The molecule has 0 radical (unpaired) electrons. The molecule has 3 N–H and O–H groups in total. The molecule has 1 amide bonds. The molecule has 0 saturated heterocycles. The highest BCUT2D eigenvalue weighted by Gasteiger charge is 2.06. The summed E-state index contributed by atoms with van der Waals surface area (Å²) in [5, 5.41) is 6.97. The third-order valence-electron chi connectivity index (χ3n) is 2.69.